The van der Waals surface area contributed by atoms with Crippen molar-refractivity contribution in [3.8, 4) is 0 Å². The van der Waals surface area contributed by atoms with Crippen LogP contribution in [0.5, 0.6) is 0 Å². The lowest BCUT2D eigenvalue weighted by molar-refractivity contribution is 0.143. The molecule has 0 spiro atoms. The Labute approximate surface area is 71.1 Å². The fourth-order valence-corrected chi connectivity index (χ4v) is 1.36. The first-order chi connectivity index (χ1) is 5.74. The summed E-state index contributed by atoms with van der Waals surface area (Å²) in [5, 5.41) is 17.3. The lowest BCUT2D eigenvalue weighted by Crippen LogP contribution is -2.35. The highest BCUT2D eigenvalue weighted by molar-refractivity contribution is 5.65. The normalized spacial score (nSPS) is 21.4. The number of hydrogen-bond acceptors (Lipinski definition) is 2. The monoisotopic (exact) mass is 171 g/mol. The third kappa shape index (κ3) is 2.23. The number of aliphatic hydroxyl groups is 1. The average Bonchev–Trinajstić information content (AvgIpc) is 2.05. The van der Waals surface area contributed by atoms with Crippen LogP contribution in [0.1, 0.15) is 12.8 Å². The number of piperidine rings is 1. The molecule has 2 N–H and O–H groups in total. The van der Waals surface area contributed by atoms with Crippen LogP contribution in [0.3, 0.4) is 0 Å². The van der Waals surface area contributed by atoms with E-state index < -0.39 is 6.09 Å². The quantitative estimate of drug-likeness (QED) is 0.570. The number of likely N-dealkylation sites (tertiary alicyclic amines) is 1. The number of carboxylic acid groups (broad SMARTS) is 1. The summed E-state index contributed by atoms with van der Waals surface area (Å²) < 4.78 is 0. The van der Waals surface area contributed by atoms with Crippen LogP contribution in [-0.4, -0.2) is 40.9 Å². The van der Waals surface area contributed by atoms with E-state index in [1.165, 1.54) is 4.90 Å². The Hall–Kier alpha value is -1.03. The van der Waals surface area contributed by atoms with Gasteiger partial charge >= 0.3 is 6.09 Å². The zero-order valence-corrected chi connectivity index (χ0v) is 6.86. The van der Waals surface area contributed by atoms with Crippen LogP contribution in [0.25, 0.3) is 0 Å². The first-order valence-electron chi connectivity index (χ1n) is 4.00. The highest BCUT2D eigenvalue weighted by Gasteiger charge is 2.17. The number of nitrogens with zero attached hydrogens (tertiary/aromatic N) is 1. The van der Waals surface area contributed by atoms with Crippen molar-refractivity contribution in [3.63, 3.8) is 0 Å². The van der Waals surface area contributed by atoms with Crippen molar-refractivity contribution in [1.29, 1.82) is 0 Å². The molecule has 0 atom stereocenters. The Morgan fingerprint density at radius 2 is 2.42 bits per heavy atom. The fraction of sp³-hybridized carbons (Fsp3) is 0.625. The summed E-state index contributed by atoms with van der Waals surface area (Å²) in [5.74, 6) is 0. The molecule has 1 aliphatic heterocycles. The first kappa shape index (κ1) is 9.06. The van der Waals surface area contributed by atoms with E-state index in [1.54, 1.807) is 6.08 Å². The average molecular weight is 171 g/mol. The van der Waals surface area contributed by atoms with E-state index in [1.807, 2.05) is 0 Å². The maximum atomic E-state index is 10.5. The number of amides is 1. The highest BCUT2D eigenvalue weighted by atomic mass is 16.4. The minimum Gasteiger partial charge on any atom is -0.465 e. The van der Waals surface area contributed by atoms with Crippen molar-refractivity contribution in [2.75, 3.05) is 19.7 Å². The van der Waals surface area contributed by atoms with E-state index in [-0.39, 0.29) is 6.61 Å². The maximum absolute atomic E-state index is 10.5. The third-order valence-electron chi connectivity index (χ3n) is 1.97. The second-order valence-electron chi connectivity index (χ2n) is 2.85. The second-order valence-corrected chi connectivity index (χ2v) is 2.85. The molecule has 0 aromatic carbocycles. The zero-order chi connectivity index (χ0) is 8.97. The van der Waals surface area contributed by atoms with Crippen molar-refractivity contribution in [1.82, 2.24) is 4.90 Å². The molecule has 0 radical (unpaired) electrons. The Bertz CT molecular complexity index is 200. The molecule has 4 nitrogen and oxygen atoms in total. The van der Waals surface area contributed by atoms with Gasteiger partial charge < -0.3 is 15.1 Å². The molecule has 0 unspecified atom stereocenters. The number of hydrogen-bond donors (Lipinski definition) is 2. The minimum absolute atomic E-state index is 0.00277. The minimum atomic E-state index is -0.876. The molecule has 1 heterocycles. The zero-order valence-electron chi connectivity index (χ0n) is 6.86. The van der Waals surface area contributed by atoms with Gasteiger partial charge in [0.05, 0.1) is 6.61 Å². The van der Waals surface area contributed by atoms with Gasteiger partial charge in [0.25, 0.3) is 0 Å². The molecule has 1 fully saturated rings. The van der Waals surface area contributed by atoms with Crippen LogP contribution in [0.4, 0.5) is 4.79 Å². The summed E-state index contributed by atoms with van der Waals surface area (Å²) in [6.07, 6.45) is 2.58. The SMILES string of the molecule is O=C(O)N1CCCC(=CCO)C1. The van der Waals surface area contributed by atoms with Gasteiger partial charge in [-0.05, 0) is 12.8 Å². The Balaban J connectivity index is 2.51. The van der Waals surface area contributed by atoms with Gasteiger partial charge in [-0.3, -0.25) is 0 Å². The fourth-order valence-electron chi connectivity index (χ4n) is 1.36. The van der Waals surface area contributed by atoms with Gasteiger partial charge in [-0.1, -0.05) is 11.6 Å². The summed E-state index contributed by atoms with van der Waals surface area (Å²) in [5.41, 5.74) is 1.02. The topological polar surface area (TPSA) is 60.8 Å². The summed E-state index contributed by atoms with van der Waals surface area (Å²) in [6, 6.07) is 0. The van der Waals surface area contributed by atoms with Crippen molar-refractivity contribution in [3.05, 3.63) is 11.6 Å². The lowest BCUT2D eigenvalue weighted by atomic mass is 10.1. The van der Waals surface area contributed by atoms with Crippen molar-refractivity contribution in [2.45, 2.75) is 12.8 Å². The van der Waals surface area contributed by atoms with Crippen LogP contribution in [-0.2, 0) is 0 Å². The number of rotatable bonds is 1. The van der Waals surface area contributed by atoms with Gasteiger partial charge in [0.2, 0.25) is 0 Å². The van der Waals surface area contributed by atoms with E-state index in [0.29, 0.717) is 13.1 Å². The van der Waals surface area contributed by atoms with E-state index in [0.717, 1.165) is 18.4 Å². The van der Waals surface area contributed by atoms with Crippen LogP contribution >= 0.6 is 0 Å². The van der Waals surface area contributed by atoms with E-state index >= 15 is 0 Å². The molecule has 12 heavy (non-hydrogen) atoms. The second kappa shape index (κ2) is 4.11. The largest absolute Gasteiger partial charge is 0.465 e. The molecule has 0 aromatic rings. The Morgan fingerprint density at radius 3 is 3.00 bits per heavy atom. The molecule has 0 aromatic heterocycles. The van der Waals surface area contributed by atoms with Gasteiger partial charge in [0.15, 0.2) is 0 Å². The summed E-state index contributed by atoms with van der Waals surface area (Å²) in [4.78, 5) is 11.9. The first-order valence-corrected chi connectivity index (χ1v) is 4.00. The molecule has 68 valence electrons. The van der Waals surface area contributed by atoms with Gasteiger partial charge in [-0.25, -0.2) is 4.79 Å². The van der Waals surface area contributed by atoms with Gasteiger partial charge in [0.1, 0.15) is 0 Å². The van der Waals surface area contributed by atoms with Gasteiger partial charge in [0, 0.05) is 13.1 Å². The number of aliphatic hydroxyl groups excluding tert-OH is 1. The van der Waals surface area contributed by atoms with Crippen molar-refractivity contribution >= 4 is 6.09 Å². The predicted molar refractivity (Wildman–Crippen MR) is 44.0 cm³/mol. The van der Waals surface area contributed by atoms with Gasteiger partial charge in [-0.2, -0.15) is 0 Å². The molecule has 0 saturated carbocycles. The highest BCUT2D eigenvalue weighted by Crippen LogP contribution is 2.14. The van der Waals surface area contributed by atoms with E-state index in [2.05, 4.69) is 0 Å². The maximum Gasteiger partial charge on any atom is 0.407 e. The summed E-state index contributed by atoms with van der Waals surface area (Å²) in [6.45, 7) is 1.07. The summed E-state index contributed by atoms with van der Waals surface area (Å²) >= 11 is 0. The molecular formula is C8H13NO3. The van der Waals surface area contributed by atoms with Crippen molar-refractivity contribution < 1.29 is 15.0 Å². The molecule has 1 saturated heterocycles. The molecule has 0 aliphatic carbocycles. The van der Waals surface area contributed by atoms with E-state index in [9.17, 15) is 4.79 Å². The molecule has 1 aliphatic rings. The molecule has 4 heteroatoms. The van der Waals surface area contributed by atoms with Gasteiger partial charge in [-0.15, -0.1) is 0 Å². The summed E-state index contributed by atoms with van der Waals surface area (Å²) in [7, 11) is 0. The van der Waals surface area contributed by atoms with Crippen LogP contribution in [0.2, 0.25) is 0 Å². The Kier molecular flexibility index (Phi) is 3.10. The molecule has 1 amide bonds. The van der Waals surface area contributed by atoms with E-state index in [4.69, 9.17) is 10.2 Å². The van der Waals surface area contributed by atoms with Crippen LogP contribution in [0.15, 0.2) is 11.6 Å². The molecule has 0 bridgehead atoms. The third-order valence-corrected chi connectivity index (χ3v) is 1.97. The smallest absolute Gasteiger partial charge is 0.407 e. The standard InChI is InChI=1S/C8H13NO3/c10-5-3-7-2-1-4-9(6-7)8(11)12/h3,10H,1-2,4-6H2,(H,11,12). The van der Waals surface area contributed by atoms with Crippen LogP contribution in [0, 0.1) is 0 Å². The Morgan fingerprint density at radius 1 is 1.67 bits per heavy atom. The lowest BCUT2D eigenvalue weighted by Gasteiger charge is -2.25. The van der Waals surface area contributed by atoms with Crippen LogP contribution < -0.4 is 0 Å². The number of carbonyl (C=O) groups is 1. The molecular weight excluding hydrogens is 158 g/mol. The van der Waals surface area contributed by atoms with Crippen molar-refractivity contribution in [2.24, 2.45) is 0 Å². The predicted octanol–water partition coefficient (Wildman–Crippen LogP) is 0.679. The molecule has 1 rings (SSSR count).